The summed E-state index contributed by atoms with van der Waals surface area (Å²) in [6.45, 7) is 5.43. The molecule has 0 amide bonds. The molecular formula is C13H16BrN3OS. The van der Waals surface area contributed by atoms with E-state index in [0.717, 1.165) is 33.2 Å². The maximum Gasteiger partial charge on any atom is 0.171 e. The molecule has 19 heavy (non-hydrogen) atoms. The zero-order valence-corrected chi connectivity index (χ0v) is 13.6. The van der Waals surface area contributed by atoms with Crippen molar-refractivity contribution >= 4 is 33.1 Å². The van der Waals surface area contributed by atoms with Gasteiger partial charge in [-0.2, -0.15) is 0 Å². The topological polar surface area (TPSA) is 47.0 Å². The van der Waals surface area contributed by atoms with Crippen molar-refractivity contribution in [3.05, 3.63) is 27.2 Å². The van der Waals surface area contributed by atoms with Crippen LogP contribution >= 0.6 is 27.3 Å². The van der Waals surface area contributed by atoms with Crippen molar-refractivity contribution in [1.82, 2.24) is 9.97 Å². The Bertz CT molecular complexity index is 527. The molecule has 2 aromatic heterocycles. The molecule has 0 aromatic carbocycles. The van der Waals surface area contributed by atoms with Crippen LogP contribution in [0, 0.1) is 6.92 Å². The van der Waals surface area contributed by atoms with Gasteiger partial charge in [0.1, 0.15) is 5.82 Å². The summed E-state index contributed by atoms with van der Waals surface area (Å²) in [7, 11) is 1.67. The van der Waals surface area contributed by atoms with Gasteiger partial charge in [0, 0.05) is 29.1 Å². The summed E-state index contributed by atoms with van der Waals surface area (Å²) in [5.74, 6) is 1.58. The lowest BCUT2D eigenvalue weighted by molar-refractivity contribution is 0.181. The standard InChI is InChI=1S/C13H16BrN3OS/c1-4-15-12-5-9(7-18-3)16-13(17-12)11-6-10(14)8(2)19-11/h5-6H,4,7H2,1-3H3,(H,15,16,17). The van der Waals surface area contributed by atoms with Crippen LogP contribution in [-0.4, -0.2) is 23.6 Å². The van der Waals surface area contributed by atoms with Crippen LogP contribution < -0.4 is 5.32 Å². The number of thiophene rings is 1. The van der Waals surface area contributed by atoms with E-state index in [1.54, 1.807) is 18.4 Å². The predicted molar refractivity (Wildman–Crippen MR) is 82.7 cm³/mol. The normalized spacial score (nSPS) is 10.7. The zero-order valence-electron chi connectivity index (χ0n) is 11.2. The third kappa shape index (κ3) is 3.52. The smallest absolute Gasteiger partial charge is 0.171 e. The van der Waals surface area contributed by atoms with E-state index in [1.807, 2.05) is 13.0 Å². The molecule has 2 rings (SSSR count). The number of hydrogen-bond donors (Lipinski definition) is 1. The predicted octanol–water partition coefficient (Wildman–Crippen LogP) is 3.85. The Kier molecular flexibility index (Phi) is 4.90. The van der Waals surface area contributed by atoms with Gasteiger partial charge in [0.2, 0.25) is 0 Å². The Morgan fingerprint density at radius 2 is 2.16 bits per heavy atom. The third-order valence-electron chi connectivity index (χ3n) is 2.51. The lowest BCUT2D eigenvalue weighted by Gasteiger charge is -2.07. The first kappa shape index (κ1) is 14.4. The third-order valence-corrected chi connectivity index (χ3v) is 4.64. The van der Waals surface area contributed by atoms with Gasteiger partial charge >= 0.3 is 0 Å². The van der Waals surface area contributed by atoms with Crippen molar-refractivity contribution in [2.75, 3.05) is 19.0 Å². The molecule has 102 valence electrons. The summed E-state index contributed by atoms with van der Waals surface area (Å²) < 4.78 is 6.25. The number of ether oxygens (including phenoxy) is 1. The van der Waals surface area contributed by atoms with Crippen molar-refractivity contribution in [1.29, 1.82) is 0 Å². The minimum atomic E-state index is 0.486. The van der Waals surface area contributed by atoms with Gasteiger partial charge in [-0.3, -0.25) is 0 Å². The molecule has 2 heterocycles. The largest absolute Gasteiger partial charge is 0.378 e. The second-order valence-electron chi connectivity index (χ2n) is 4.05. The van der Waals surface area contributed by atoms with Gasteiger partial charge < -0.3 is 10.1 Å². The van der Waals surface area contributed by atoms with Crippen LogP contribution in [0.4, 0.5) is 5.82 Å². The van der Waals surface area contributed by atoms with Crippen molar-refractivity contribution < 1.29 is 4.74 Å². The molecule has 0 atom stereocenters. The fourth-order valence-electron chi connectivity index (χ4n) is 1.67. The SMILES string of the molecule is CCNc1cc(COC)nc(-c2cc(Br)c(C)s2)n1. The summed E-state index contributed by atoms with van der Waals surface area (Å²) in [4.78, 5) is 11.4. The number of methoxy groups -OCH3 is 1. The highest BCUT2D eigenvalue weighted by Crippen LogP contribution is 2.32. The van der Waals surface area contributed by atoms with Gasteiger partial charge in [-0.1, -0.05) is 0 Å². The number of nitrogens with zero attached hydrogens (tertiary/aromatic N) is 2. The van der Waals surface area contributed by atoms with Crippen molar-refractivity contribution in [3.63, 3.8) is 0 Å². The van der Waals surface area contributed by atoms with Crippen molar-refractivity contribution in [2.45, 2.75) is 20.5 Å². The minimum absolute atomic E-state index is 0.486. The highest BCUT2D eigenvalue weighted by atomic mass is 79.9. The molecule has 1 N–H and O–H groups in total. The molecule has 6 heteroatoms. The highest BCUT2D eigenvalue weighted by molar-refractivity contribution is 9.10. The molecule has 0 aliphatic heterocycles. The number of aryl methyl sites for hydroxylation is 1. The Hall–Kier alpha value is -0.980. The maximum atomic E-state index is 5.16. The van der Waals surface area contributed by atoms with Crippen LogP contribution in [0.1, 0.15) is 17.5 Å². The molecule has 0 saturated heterocycles. The van der Waals surface area contributed by atoms with E-state index < -0.39 is 0 Å². The van der Waals surface area contributed by atoms with Crippen LogP contribution in [0.3, 0.4) is 0 Å². The maximum absolute atomic E-state index is 5.16. The monoisotopic (exact) mass is 341 g/mol. The molecule has 0 bridgehead atoms. The van der Waals surface area contributed by atoms with Gasteiger partial charge in [0.15, 0.2) is 5.82 Å². The van der Waals surface area contributed by atoms with Crippen LogP contribution in [0.25, 0.3) is 10.7 Å². The Morgan fingerprint density at radius 3 is 2.74 bits per heavy atom. The van der Waals surface area contributed by atoms with Crippen molar-refractivity contribution in [2.24, 2.45) is 0 Å². The molecule has 0 fully saturated rings. The lowest BCUT2D eigenvalue weighted by atomic mass is 10.3. The van der Waals surface area contributed by atoms with E-state index in [0.29, 0.717) is 6.61 Å². The zero-order chi connectivity index (χ0) is 13.8. The van der Waals surface area contributed by atoms with E-state index in [-0.39, 0.29) is 0 Å². The number of hydrogen-bond acceptors (Lipinski definition) is 5. The first-order valence-corrected chi connectivity index (χ1v) is 7.62. The van der Waals surface area contributed by atoms with Gasteiger partial charge in [-0.15, -0.1) is 11.3 Å². The average Bonchev–Trinajstić information content (AvgIpc) is 2.70. The van der Waals surface area contributed by atoms with E-state index in [2.05, 4.69) is 44.2 Å². The first-order chi connectivity index (χ1) is 9.13. The summed E-state index contributed by atoms with van der Waals surface area (Å²) in [6, 6.07) is 3.98. The van der Waals surface area contributed by atoms with Crippen molar-refractivity contribution in [3.8, 4) is 10.7 Å². The van der Waals surface area contributed by atoms with Gasteiger partial charge in [0.25, 0.3) is 0 Å². The van der Waals surface area contributed by atoms with Gasteiger partial charge in [-0.05, 0) is 35.8 Å². The number of aromatic nitrogens is 2. The number of halogens is 1. The number of anilines is 1. The van der Waals surface area contributed by atoms with E-state index in [9.17, 15) is 0 Å². The minimum Gasteiger partial charge on any atom is -0.378 e. The Balaban J connectivity index is 2.42. The molecule has 0 aliphatic carbocycles. The van der Waals surface area contributed by atoms with E-state index >= 15 is 0 Å². The quantitative estimate of drug-likeness (QED) is 0.896. The second kappa shape index (κ2) is 6.45. The number of rotatable bonds is 5. The Morgan fingerprint density at radius 1 is 1.37 bits per heavy atom. The summed E-state index contributed by atoms with van der Waals surface area (Å²) in [6.07, 6.45) is 0. The molecule has 0 aliphatic rings. The highest BCUT2D eigenvalue weighted by Gasteiger charge is 2.11. The van der Waals surface area contributed by atoms with Crippen LogP contribution in [0.5, 0.6) is 0 Å². The second-order valence-corrected chi connectivity index (χ2v) is 6.16. The lowest BCUT2D eigenvalue weighted by Crippen LogP contribution is -2.04. The van der Waals surface area contributed by atoms with E-state index in [4.69, 9.17) is 4.74 Å². The molecule has 2 aromatic rings. The average molecular weight is 342 g/mol. The van der Waals surface area contributed by atoms with Crippen LogP contribution in [-0.2, 0) is 11.3 Å². The molecule has 0 spiro atoms. The molecule has 4 nitrogen and oxygen atoms in total. The van der Waals surface area contributed by atoms with Crippen LogP contribution in [0.15, 0.2) is 16.6 Å². The molecule has 0 radical (unpaired) electrons. The molecule has 0 saturated carbocycles. The first-order valence-electron chi connectivity index (χ1n) is 6.01. The van der Waals surface area contributed by atoms with Gasteiger partial charge in [-0.25, -0.2) is 9.97 Å². The number of nitrogens with one attached hydrogen (secondary N) is 1. The molecular weight excluding hydrogens is 326 g/mol. The van der Waals surface area contributed by atoms with Gasteiger partial charge in [0.05, 0.1) is 17.2 Å². The van der Waals surface area contributed by atoms with E-state index in [1.165, 1.54) is 4.88 Å². The fourth-order valence-corrected chi connectivity index (χ4v) is 3.14. The molecule has 0 unspecified atom stereocenters. The summed E-state index contributed by atoms with van der Waals surface area (Å²) >= 11 is 5.21. The fraction of sp³-hybridized carbons (Fsp3) is 0.385. The van der Waals surface area contributed by atoms with Crippen LogP contribution in [0.2, 0.25) is 0 Å². The Labute approximate surface area is 125 Å². The summed E-state index contributed by atoms with van der Waals surface area (Å²) in [5.41, 5.74) is 0.880. The summed E-state index contributed by atoms with van der Waals surface area (Å²) in [5, 5.41) is 3.22.